The summed E-state index contributed by atoms with van der Waals surface area (Å²) in [5, 5.41) is 10.3. The number of aliphatic hydroxyl groups is 1. The lowest BCUT2D eigenvalue weighted by molar-refractivity contribution is -0.152. The van der Waals surface area contributed by atoms with Crippen LogP contribution in [-0.4, -0.2) is 48.5 Å². The number of carbonyl (C=O) groups is 1. The van der Waals surface area contributed by atoms with Crippen LogP contribution in [0.4, 0.5) is 0 Å². The van der Waals surface area contributed by atoms with Gasteiger partial charge in [0.25, 0.3) is 0 Å². The maximum atomic E-state index is 11.9. The van der Waals surface area contributed by atoms with Crippen LogP contribution < -0.4 is 0 Å². The van der Waals surface area contributed by atoms with Gasteiger partial charge in [-0.1, -0.05) is 6.58 Å². The van der Waals surface area contributed by atoms with Crippen molar-refractivity contribution in [2.45, 2.75) is 89.8 Å². The molecule has 0 saturated heterocycles. The van der Waals surface area contributed by atoms with E-state index in [4.69, 9.17) is 13.0 Å². The highest BCUT2D eigenvalue weighted by Crippen LogP contribution is 2.42. The fraction of sp³-hybridized carbons (Fsp3) is 0.824. The van der Waals surface area contributed by atoms with E-state index in [9.17, 15) is 9.90 Å². The van der Waals surface area contributed by atoms with Gasteiger partial charge in [0.1, 0.15) is 6.10 Å². The molecule has 0 amide bonds. The molecule has 3 atom stereocenters. The summed E-state index contributed by atoms with van der Waals surface area (Å²) in [6.07, 6.45) is 0.908. The Kier molecular flexibility index (Phi) is 7.45. The van der Waals surface area contributed by atoms with Gasteiger partial charge in [0, 0.05) is 11.1 Å². The minimum Gasteiger partial charge on any atom is -0.456 e. The lowest BCUT2D eigenvalue weighted by atomic mass is 9.94. The smallest absolute Gasteiger partial charge is 0.333 e. The normalized spacial score (nSPS) is 25.6. The summed E-state index contributed by atoms with van der Waals surface area (Å²) in [4.78, 5) is 11.9. The first kappa shape index (κ1) is 22.8. The molecule has 1 saturated carbocycles. The van der Waals surface area contributed by atoms with Gasteiger partial charge in [0.05, 0.1) is 6.10 Å². The first-order valence-electron chi connectivity index (χ1n) is 9.08. The summed E-state index contributed by atoms with van der Waals surface area (Å²) in [5.41, 5.74) is 0.559. The van der Waals surface area contributed by atoms with Crippen molar-refractivity contribution in [2.24, 2.45) is 0 Å². The summed E-state index contributed by atoms with van der Waals surface area (Å²) in [6.45, 7) is 20.5. The molecule has 0 aromatic carbocycles. The number of ether oxygens (including phenoxy) is 1. The third kappa shape index (κ3) is 7.48. The van der Waals surface area contributed by atoms with Gasteiger partial charge in [-0.2, -0.15) is 0 Å². The van der Waals surface area contributed by atoms with Crippen LogP contribution >= 0.6 is 0 Å². The lowest BCUT2D eigenvalue weighted by Gasteiger charge is -2.46. The highest BCUT2D eigenvalue weighted by molar-refractivity contribution is 6.88. The first-order valence-corrected chi connectivity index (χ1v) is 18.3. The Hall–Kier alpha value is -0.259. The molecule has 1 rings (SSSR count). The van der Waals surface area contributed by atoms with E-state index in [1.54, 1.807) is 6.92 Å². The Morgan fingerprint density at radius 1 is 1.00 bits per heavy atom. The van der Waals surface area contributed by atoms with Crippen molar-refractivity contribution in [3.8, 4) is 0 Å². The van der Waals surface area contributed by atoms with Crippen molar-refractivity contribution in [2.75, 3.05) is 0 Å². The summed E-state index contributed by atoms with van der Waals surface area (Å²) >= 11 is 0. The van der Waals surface area contributed by atoms with E-state index in [1.165, 1.54) is 0 Å². The second-order valence-corrected chi connectivity index (χ2v) is 22.2. The average Bonchev–Trinajstić information content (AvgIpc) is 2.36. The van der Waals surface area contributed by atoms with Gasteiger partial charge in [-0.15, -0.1) is 0 Å². The number of hydrogen-bond donors (Lipinski definition) is 1. The summed E-state index contributed by atoms with van der Waals surface area (Å²) in [7, 11) is -6.05. The molecule has 8 heteroatoms. The molecule has 25 heavy (non-hydrogen) atoms. The van der Waals surface area contributed by atoms with Crippen molar-refractivity contribution >= 4 is 31.2 Å². The maximum Gasteiger partial charge on any atom is 0.333 e. The Morgan fingerprint density at radius 3 is 1.88 bits per heavy atom. The van der Waals surface area contributed by atoms with Crippen LogP contribution in [0, 0.1) is 0 Å². The molecule has 0 aliphatic heterocycles. The molecule has 0 bridgehead atoms. The van der Waals surface area contributed by atoms with Crippen molar-refractivity contribution < 1.29 is 22.9 Å². The van der Waals surface area contributed by atoms with Crippen LogP contribution in [0.15, 0.2) is 12.2 Å². The topological polar surface area (TPSA) is 65.0 Å². The lowest BCUT2D eigenvalue weighted by Crippen LogP contribution is -2.57. The monoisotopic (exact) mass is 404 g/mol. The fourth-order valence-electron chi connectivity index (χ4n) is 3.36. The number of carbonyl (C=O) groups excluding carboxylic acids is 1. The predicted octanol–water partition coefficient (Wildman–Crippen LogP) is 4.16. The highest BCUT2D eigenvalue weighted by atomic mass is 28.5. The first-order chi connectivity index (χ1) is 11.1. The van der Waals surface area contributed by atoms with Crippen LogP contribution in [0.1, 0.15) is 26.2 Å². The molecule has 0 radical (unpaired) electrons. The second kappa shape index (κ2) is 8.18. The molecule has 1 N–H and O–H groups in total. The summed E-state index contributed by atoms with van der Waals surface area (Å²) in [5.74, 6) is -0.440. The molecule has 0 heterocycles. The van der Waals surface area contributed by atoms with Crippen LogP contribution in [0.3, 0.4) is 0 Å². The molecule has 0 spiro atoms. The summed E-state index contributed by atoms with van der Waals surface area (Å²) in [6, 6.07) is 0. The van der Waals surface area contributed by atoms with Gasteiger partial charge < -0.3 is 18.1 Å². The Labute approximate surface area is 156 Å². The zero-order valence-electron chi connectivity index (χ0n) is 17.1. The molecule has 146 valence electrons. The van der Waals surface area contributed by atoms with Gasteiger partial charge in [-0.3, -0.25) is 0 Å². The van der Waals surface area contributed by atoms with Gasteiger partial charge in [0.2, 0.25) is 0 Å². The third-order valence-corrected chi connectivity index (χ3v) is 14.3. The standard InChI is InChI=1S/C17H36O5Si3/c1-13(2)17(19)20-16-12-14(10-11-15(16)18)25(9,21-23(3,4)5)22-24(6,7)8/h14-16,18H,1,10-12H2,2-9H3. The average molecular weight is 405 g/mol. The second-order valence-electron chi connectivity index (χ2n) is 9.25. The summed E-state index contributed by atoms with van der Waals surface area (Å²) < 4.78 is 18.8. The van der Waals surface area contributed by atoms with Gasteiger partial charge in [-0.05, 0) is 72.0 Å². The molecular formula is C17H36O5Si3. The van der Waals surface area contributed by atoms with E-state index in [0.29, 0.717) is 18.4 Å². The molecular weight excluding hydrogens is 368 g/mol. The molecule has 1 aliphatic rings. The van der Waals surface area contributed by atoms with E-state index in [0.717, 1.165) is 6.42 Å². The van der Waals surface area contributed by atoms with E-state index in [2.05, 4.69) is 52.4 Å². The van der Waals surface area contributed by atoms with Crippen molar-refractivity contribution in [1.82, 2.24) is 0 Å². The number of aliphatic hydroxyl groups excluding tert-OH is 1. The number of esters is 1. The van der Waals surface area contributed by atoms with Gasteiger partial charge in [-0.25, -0.2) is 4.79 Å². The number of rotatable bonds is 7. The Morgan fingerprint density at radius 2 is 1.48 bits per heavy atom. The van der Waals surface area contributed by atoms with Crippen molar-refractivity contribution in [3.05, 3.63) is 12.2 Å². The van der Waals surface area contributed by atoms with E-state index in [-0.39, 0.29) is 5.54 Å². The van der Waals surface area contributed by atoms with Crippen molar-refractivity contribution in [3.63, 3.8) is 0 Å². The fourth-order valence-corrected chi connectivity index (χ4v) is 16.3. The van der Waals surface area contributed by atoms with Crippen LogP contribution in [0.5, 0.6) is 0 Å². The zero-order chi connectivity index (χ0) is 19.6. The van der Waals surface area contributed by atoms with E-state index in [1.807, 2.05) is 0 Å². The van der Waals surface area contributed by atoms with Gasteiger partial charge in [0.15, 0.2) is 16.6 Å². The van der Waals surface area contributed by atoms with Crippen LogP contribution in [-0.2, 0) is 17.8 Å². The molecule has 5 nitrogen and oxygen atoms in total. The molecule has 1 fully saturated rings. The highest BCUT2D eigenvalue weighted by Gasteiger charge is 2.50. The predicted molar refractivity (Wildman–Crippen MR) is 109 cm³/mol. The molecule has 1 aliphatic carbocycles. The van der Waals surface area contributed by atoms with Crippen LogP contribution in [0.25, 0.3) is 0 Å². The molecule has 0 aromatic rings. The minimum atomic E-state index is -2.47. The molecule has 0 aromatic heterocycles. The largest absolute Gasteiger partial charge is 0.456 e. The number of hydrogen-bond acceptors (Lipinski definition) is 5. The van der Waals surface area contributed by atoms with Crippen LogP contribution in [0.2, 0.25) is 51.4 Å². The maximum absolute atomic E-state index is 11.9. The van der Waals surface area contributed by atoms with E-state index < -0.39 is 43.4 Å². The van der Waals surface area contributed by atoms with E-state index >= 15 is 0 Å². The minimum absolute atomic E-state index is 0.206. The SMILES string of the molecule is C=C(C)C(=O)OC1CC([Si](C)(O[Si](C)(C)C)O[Si](C)(C)C)CCC1O. The third-order valence-electron chi connectivity index (χ3n) is 4.12. The molecule has 3 unspecified atom stereocenters. The Balaban J connectivity index is 3.01. The quantitative estimate of drug-likeness (QED) is 0.392. The zero-order valence-corrected chi connectivity index (χ0v) is 20.1. The Bertz CT molecular complexity index is 479. The van der Waals surface area contributed by atoms with Gasteiger partial charge >= 0.3 is 14.5 Å². The van der Waals surface area contributed by atoms with Crippen molar-refractivity contribution in [1.29, 1.82) is 0 Å².